The molecule has 0 aromatic heterocycles. The fourth-order valence-electron chi connectivity index (χ4n) is 3.79. The monoisotopic (exact) mass is 460 g/mol. The largest absolute Gasteiger partial charge is 0.497 e. The lowest BCUT2D eigenvalue weighted by Crippen LogP contribution is -2.32. The molecule has 5 nitrogen and oxygen atoms in total. The molecule has 3 aromatic rings. The SMILES string of the molecule is COc1ccc(CN2C(=O)C(Nc3cccc(Cl)c3C)=C(c3ccc(C)c(C)c3)C2=O)cc1. The second-order valence-electron chi connectivity index (χ2n) is 8.13. The highest BCUT2D eigenvalue weighted by molar-refractivity contribution is 6.36. The van der Waals surface area contributed by atoms with E-state index in [-0.39, 0.29) is 24.1 Å². The number of hydrogen-bond acceptors (Lipinski definition) is 4. The minimum Gasteiger partial charge on any atom is -0.497 e. The Morgan fingerprint density at radius 3 is 2.30 bits per heavy atom. The molecule has 168 valence electrons. The van der Waals surface area contributed by atoms with Crippen molar-refractivity contribution in [2.45, 2.75) is 27.3 Å². The van der Waals surface area contributed by atoms with Gasteiger partial charge >= 0.3 is 0 Å². The summed E-state index contributed by atoms with van der Waals surface area (Å²) in [5.41, 5.74) is 5.80. The van der Waals surface area contributed by atoms with Gasteiger partial charge in [-0.15, -0.1) is 0 Å². The summed E-state index contributed by atoms with van der Waals surface area (Å²) in [5.74, 6) is 0.00947. The number of carbonyl (C=O) groups is 2. The van der Waals surface area contributed by atoms with E-state index in [0.29, 0.717) is 27.6 Å². The maximum Gasteiger partial charge on any atom is 0.278 e. The molecule has 0 saturated carbocycles. The summed E-state index contributed by atoms with van der Waals surface area (Å²) >= 11 is 6.29. The molecule has 1 aliphatic heterocycles. The first-order valence-corrected chi connectivity index (χ1v) is 11.0. The average Bonchev–Trinajstić information content (AvgIpc) is 3.03. The Hall–Kier alpha value is -3.57. The standard InChI is InChI=1S/C27H25ClN2O3/c1-16-8-11-20(14-17(16)2)24-25(29-23-7-5-6-22(28)18(23)3)27(32)30(26(24)31)15-19-9-12-21(33-4)13-10-19/h5-14,29H,15H2,1-4H3. The number of rotatable bonds is 6. The summed E-state index contributed by atoms with van der Waals surface area (Å²) in [6, 6.07) is 18.6. The number of nitrogens with zero attached hydrogens (tertiary/aromatic N) is 1. The molecule has 0 saturated heterocycles. The van der Waals surface area contributed by atoms with Gasteiger partial charge in [-0.2, -0.15) is 0 Å². The zero-order valence-electron chi connectivity index (χ0n) is 19.0. The van der Waals surface area contributed by atoms with Gasteiger partial charge in [-0.1, -0.05) is 48.0 Å². The average molecular weight is 461 g/mol. The third kappa shape index (κ3) is 4.37. The van der Waals surface area contributed by atoms with E-state index >= 15 is 0 Å². The molecule has 0 fully saturated rings. The summed E-state index contributed by atoms with van der Waals surface area (Å²) in [7, 11) is 1.60. The summed E-state index contributed by atoms with van der Waals surface area (Å²) in [6.45, 7) is 6.04. The number of halogens is 1. The van der Waals surface area contributed by atoms with Crippen molar-refractivity contribution >= 4 is 34.7 Å². The van der Waals surface area contributed by atoms with Crippen LogP contribution in [0.15, 0.2) is 66.4 Å². The van der Waals surface area contributed by atoms with Crippen LogP contribution in [0.25, 0.3) is 5.57 Å². The van der Waals surface area contributed by atoms with Crippen LogP contribution < -0.4 is 10.1 Å². The Morgan fingerprint density at radius 2 is 1.64 bits per heavy atom. The second kappa shape index (κ2) is 9.12. The Labute approximate surface area is 198 Å². The smallest absolute Gasteiger partial charge is 0.278 e. The van der Waals surface area contributed by atoms with E-state index in [2.05, 4.69) is 5.32 Å². The fourth-order valence-corrected chi connectivity index (χ4v) is 3.97. The highest BCUT2D eigenvalue weighted by atomic mass is 35.5. The summed E-state index contributed by atoms with van der Waals surface area (Å²) < 4.78 is 5.20. The van der Waals surface area contributed by atoms with Crippen molar-refractivity contribution in [2.24, 2.45) is 0 Å². The van der Waals surface area contributed by atoms with Gasteiger partial charge in [0.25, 0.3) is 11.8 Å². The number of imide groups is 1. The van der Waals surface area contributed by atoms with E-state index in [1.807, 2.05) is 75.4 Å². The van der Waals surface area contributed by atoms with Gasteiger partial charge in [0, 0.05) is 10.7 Å². The predicted octanol–water partition coefficient (Wildman–Crippen LogP) is 5.67. The summed E-state index contributed by atoms with van der Waals surface area (Å²) in [5, 5.41) is 3.79. The van der Waals surface area contributed by atoms with Crippen molar-refractivity contribution in [3.05, 3.63) is 99.2 Å². The maximum absolute atomic E-state index is 13.5. The number of hydrogen-bond donors (Lipinski definition) is 1. The van der Waals surface area contributed by atoms with E-state index < -0.39 is 0 Å². The molecule has 6 heteroatoms. The minimum absolute atomic E-state index is 0.162. The van der Waals surface area contributed by atoms with Crippen LogP contribution in [0.5, 0.6) is 5.75 Å². The van der Waals surface area contributed by atoms with Crippen LogP contribution in [-0.2, 0) is 16.1 Å². The number of carbonyl (C=O) groups excluding carboxylic acids is 2. The molecule has 0 aliphatic carbocycles. The van der Waals surface area contributed by atoms with Crippen LogP contribution in [0.3, 0.4) is 0 Å². The summed E-state index contributed by atoms with van der Waals surface area (Å²) in [4.78, 5) is 28.3. The van der Waals surface area contributed by atoms with Gasteiger partial charge in [0.05, 0.1) is 19.2 Å². The first kappa shape index (κ1) is 22.6. The number of anilines is 1. The molecule has 33 heavy (non-hydrogen) atoms. The lowest BCUT2D eigenvalue weighted by Gasteiger charge is -2.16. The quantitative estimate of drug-likeness (QED) is 0.482. The highest BCUT2D eigenvalue weighted by Crippen LogP contribution is 2.34. The van der Waals surface area contributed by atoms with Crippen molar-refractivity contribution in [3.63, 3.8) is 0 Å². The van der Waals surface area contributed by atoms with Crippen molar-refractivity contribution in [1.29, 1.82) is 0 Å². The first-order chi connectivity index (χ1) is 15.8. The third-order valence-corrected chi connectivity index (χ3v) is 6.40. The second-order valence-corrected chi connectivity index (χ2v) is 8.54. The van der Waals surface area contributed by atoms with E-state index in [1.165, 1.54) is 4.90 Å². The molecule has 0 radical (unpaired) electrons. The van der Waals surface area contributed by atoms with Crippen LogP contribution in [-0.4, -0.2) is 23.8 Å². The van der Waals surface area contributed by atoms with Crippen LogP contribution >= 0.6 is 11.6 Å². The molecule has 0 atom stereocenters. The molecule has 0 bridgehead atoms. The molecule has 1 N–H and O–H groups in total. The number of methoxy groups -OCH3 is 1. The van der Waals surface area contributed by atoms with Crippen molar-refractivity contribution in [3.8, 4) is 5.75 Å². The van der Waals surface area contributed by atoms with Crippen molar-refractivity contribution < 1.29 is 14.3 Å². The van der Waals surface area contributed by atoms with Gasteiger partial charge in [-0.05, 0) is 72.9 Å². The van der Waals surface area contributed by atoms with Crippen LogP contribution in [0, 0.1) is 20.8 Å². The Morgan fingerprint density at radius 1 is 0.909 bits per heavy atom. The number of benzene rings is 3. The van der Waals surface area contributed by atoms with Gasteiger partial charge in [0.15, 0.2) is 0 Å². The Balaban J connectivity index is 1.76. The molecule has 2 amide bonds. The lowest BCUT2D eigenvalue weighted by molar-refractivity contribution is -0.137. The fraction of sp³-hybridized carbons (Fsp3) is 0.185. The number of aryl methyl sites for hydroxylation is 2. The van der Waals surface area contributed by atoms with Gasteiger partial charge in [-0.25, -0.2) is 0 Å². The number of nitrogens with one attached hydrogen (secondary N) is 1. The van der Waals surface area contributed by atoms with Gasteiger partial charge in [0.2, 0.25) is 0 Å². The normalized spacial score (nSPS) is 13.7. The zero-order valence-corrected chi connectivity index (χ0v) is 19.8. The van der Waals surface area contributed by atoms with E-state index in [0.717, 1.165) is 22.3 Å². The lowest BCUT2D eigenvalue weighted by atomic mass is 9.99. The molecule has 3 aromatic carbocycles. The Bertz CT molecular complexity index is 1280. The van der Waals surface area contributed by atoms with Gasteiger partial charge in [-0.3, -0.25) is 14.5 Å². The van der Waals surface area contributed by atoms with Gasteiger partial charge in [0.1, 0.15) is 11.4 Å². The summed E-state index contributed by atoms with van der Waals surface area (Å²) in [6.07, 6.45) is 0. The molecule has 0 spiro atoms. The van der Waals surface area contributed by atoms with E-state index in [1.54, 1.807) is 13.2 Å². The number of amides is 2. The molecular formula is C27H25ClN2O3. The van der Waals surface area contributed by atoms with Crippen molar-refractivity contribution in [1.82, 2.24) is 4.90 Å². The van der Waals surface area contributed by atoms with Gasteiger partial charge < -0.3 is 10.1 Å². The third-order valence-electron chi connectivity index (χ3n) is 5.99. The molecule has 4 rings (SSSR count). The number of ether oxygens (including phenoxy) is 1. The Kier molecular flexibility index (Phi) is 6.25. The van der Waals surface area contributed by atoms with E-state index in [9.17, 15) is 9.59 Å². The maximum atomic E-state index is 13.5. The topological polar surface area (TPSA) is 58.6 Å². The first-order valence-electron chi connectivity index (χ1n) is 10.6. The van der Waals surface area contributed by atoms with Crippen LogP contribution in [0.1, 0.15) is 27.8 Å². The van der Waals surface area contributed by atoms with E-state index in [4.69, 9.17) is 16.3 Å². The molecule has 1 heterocycles. The molecular weight excluding hydrogens is 436 g/mol. The zero-order chi connectivity index (χ0) is 23.7. The van der Waals surface area contributed by atoms with Crippen molar-refractivity contribution in [2.75, 3.05) is 12.4 Å². The highest BCUT2D eigenvalue weighted by Gasteiger charge is 2.39. The molecule has 0 unspecified atom stereocenters. The molecule has 1 aliphatic rings. The van der Waals surface area contributed by atoms with Crippen LogP contribution in [0.4, 0.5) is 5.69 Å². The van der Waals surface area contributed by atoms with Crippen LogP contribution in [0.2, 0.25) is 5.02 Å². The predicted molar refractivity (Wildman–Crippen MR) is 131 cm³/mol. The minimum atomic E-state index is -0.372.